The molecular formula is C18H23N3O3. The Hall–Kier alpha value is -2.37. The second kappa shape index (κ2) is 7.03. The number of nitrogens with zero attached hydrogens (tertiary/aromatic N) is 2. The van der Waals surface area contributed by atoms with Crippen LogP contribution in [0.5, 0.6) is 0 Å². The monoisotopic (exact) mass is 329 g/mol. The zero-order valence-electron chi connectivity index (χ0n) is 13.7. The zero-order chi connectivity index (χ0) is 17.1. The number of rotatable bonds is 4. The summed E-state index contributed by atoms with van der Waals surface area (Å²) in [4.78, 5) is 39.6. The second-order valence-corrected chi connectivity index (χ2v) is 6.66. The average Bonchev–Trinajstić information content (AvgIpc) is 2.96. The van der Waals surface area contributed by atoms with Gasteiger partial charge in [-0.05, 0) is 18.4 Å². The van der Waals surface area contributed by atoms with Crippen LogP contribution in [0.2, 0.25) is 0 Å². The predicted molar refractivity (Wildman–Crippen MR) is 88.5 cm³/mol. The molecule has 2 heterocycles. The van der Waals surface area contributed by atoms with Gasteiger partial charge in [0.05, 0.1) is 5.92 Å². The molecule has 0 radical (unpaired) electrons. The lowest BCUT2D eigenvalue weighted by atomic mass is 9.95. The molecule has 6 nitrogen and oxygen atoms in total. The minimum Gasteiger partial charge on any atom is -0.369 e. The zero-order valence-corrected chi connectivity index (χ0v) is 13.7. The maximum absolute atomic E-state index is 12.7. The van der Waals surface area contributed by atoms with Crippen molar-refractivity contribution in [2.75, 3.05) is 19.6 Å². The Morgan fingerprint density at radius 3 is 2.38 bits per heavy atom. The summed E-state index contributed by atoms with van der Waals surface area (Å²) in [5.41, 5.74) is 6.40. The molecule has 0 saturated carbocycles. The normalized spacial score (nSPS) is 22.0. The van der Waals surface area contributed by atoms with Gasteiger partial charge in [0.15, 0.2) is 0 Å². The Bertz CT molecular complexity index is 624. The van der Waals surface area contributed by atoms with Crippen LogP contribution in [0, 0.1) is 11.8 Å². The van der Waals surface area contributed by atoms with Crippen LogP contribution in [0.1, 0.15) is 24.8 Å². The quantitative estimate of drug-likeness (QED) is 0.885. The van der Waals surface area contributed by atoms with Crippen LogP contribution in [-0.2, 0) is 20.9 Å². The molecule has 1 aromatic carbocycles. The number of amides is 3. The number of carbonyl (C=O) groups excluding carboxylic acids is 3. The molecule has 2 N–H and O–H groups in total. The molecule has 0 bridgehead atoms. The number of hydrogen-bond acceptors (Lipinski definition) is 3. The molecule has 1 aromatic rings. The molecule has 3 amide bonds. The van der Waals surface area contributed by atoms with Crippen molar-refractivity contribution in [1.82, 2.24) is 9.80 Å². The van der Waals surface area contributed by atoms with Crippen LogP contribution in [0.15, 0.2) is 30.3 Å². The lowest BCUT2D eigenvalue weighted by Gasteiger charge is -2.32. The molecule has 0 spiro atoms. The van der Waals surface area contributed by atoms with Crippen LogP contribution in [0.3, 0.4) is 0 Å². The van der Waals surface area contributed by atoms with E-state index in [-0.39, 0.29) is 36.0 Å². The first kappa shape index (κ1) is 16.5. The first-order valence-corrected chi connectivity index (χ1v) is 8.44. The summed E-state index contributed by atoms with van der Waals surface area (Å²) in [6.07, 6.45) is 1.52. The molecule has 2 aliphatic rings. The number of carbonyl (C=O) groups is 3. The third kappa shape index (κ3) is 3.58. The summed E-state index contributed by atoms with van der Waals surface area (Å²) in [5, 5.41) is 0. The molecule has 6 heteroatoms. The van der Waals surface area contributed by atoms with Gasteiger partial charge in [-0.25, -0.2) is 0 Å². The summed E-state index contributed by atoms with van der Waals surface area (Å²) in [6.45, 7) is 2.13. The number of nitrogens with two attached hydrogens (primary N) is 1. The Morgan fingerprint density at radius 1 is 1.08 bits per heavy atom. The first-order chi connectivity index (χ1) is 11.5. The Labute approximate surface area is 141 Å². The van der Waals surface area contributed by atoms with Gasteiger partial charge in [0.2, 0.25) is 17.7 Å². The van der Waals surface area contributed by atoms with E-state index in [4.69, 9.17) is 5.73 Å². The summed E-state index contributed by atoms with van der Waals surface area (Å²) in [6, 6.07) is 9.80. The summed E-state index contributed by atoms with van der Waals surface area (Å²) >= 11 is 0. The van der Waals surface area contributed by atoms with Gasteiger partial charge in [0.1, 0.15) is 0 Å². The fourth-order valence-corrected chi connectivity index (χ4v) is 3.54. The standard InChI is InChI=1S/C18H23N3O3/c19-17(23)14-6-8-20(9-7-14)18(24)15-10-16(22)21(12-15)11-13-4-2-1-3-5-13/h1-5,14-15H,6-12H2,(H2,19,23)/t15-/m0/s1. The molecule has 1 atom stereocenters. The van der Waals surface area contributed by atoms with Crippen molar-refractivity contribution < 1.29 is 14.4 Å². The van der Waals surface area contributed by atoms with Crippen molar-refractivity contribution in [3.05, 3.63) is 35.9 Å². The van der Waals surface area contributed by atoms with E-state index in [2.05, 4.69) is 0 Å². The van der Waals surface area contributed by atoms with E-state index in [0.717, 1.165) is 5.56 Å². The van der Waals surface area contributed by atoms with E-state index in [9.17, 15) is 14.4 Å². The first-order valence-electron chi connectivity index (χ1n) is 8.44. The molecule has 2 aliphatic heterocycles. The highest BCUT2D eigenvalue weighted by Gasteiger charge is 2.37. The van der Waals surface area contributed by atoms with E-state index in [0.29, 0.717) is 39.0 Å². The van der Waals surface area contributed by atoms with Gasteiger partial charge >= 0.3 is 0 Å². The van der Waals surface area contributed by atoms with E-state index in [1.807, 2.05) is 30.3 Å². The molecule has 0 unspecified atom stereocenters. The average molecular weight is 329 g/mol. The van der Waals surface area contributed by atoms with E-state index < -0.39 is 0 Å². The van der Waals surface area contributed by atoms with E-state index in [1.165, 1.54) is 0 Å². The van der Waals surface area contributed by atoms with Crippen LogP contribution in [-0.4, -0.2) is 47.2 Å². The number of piperidine rings is 1. The van der Waals surface area contributed by atoms with Crippen molar-refractivity contribution in [3.63, 3.8) is 0 Å². The third-order valence-electron chi connectivity index (χ3n) is 4.99. The van der Waals surface area contributed by atoms with Gasteiger partial charge in [-0.15, -0.1) is 0 Å². The molecular weight excluding hydrogens is 306 g/mol. The largest absolute Gasteiger partial charge is 0.369 e. The summed E-state index contributed by atoms with van der Waals surface area (Å²) in [5.74, 6) is -0.626. The molecule has 24 heavy (non-hydrogen) atoms. The van der Waals surface area contributed by atoms with Crippen molar-refractivity contribution in [1.29, 1.82) is 0 Å². The van der Waals surface area contributed by atoms with Crippen molar-refractivity contribution >= 4 is 17.7 Å². The lowest BCUT2D eigenvalue weighted by Crippen LogP contribution is -2.44. The van der Waals surface area contributed by atoms with E-state index >= 15 is 0 Å². The SMILES string of the molecule is NC(=O)C1CCN(C(=O)[C@H]2CC(=O)N(Cc3ccccc3)C2)CC1. The number of primary amides is 1. The number of benzene rings is 1. The van der Waals surface area contributed by atoms with Gasteiger partial charge in [0, 0.05) is 38.5 Å². The lowest BCUT2D eigenvalue weighted by molar-refractivity contribution is -0.138. The highest BCUT2D eigenvalue weighted by atomic mass is 16.2. The van der Waals surface area contributed by atoms with Gasteiger partial charge in [-0.2, -0.15) is 0 Å². The van der Waals surface area contributed by atoms with Crippen LogP contribution >= 0.6 is 0 Å². The summed E-state index contributed by atoms with van der Waals surface area (Å²) in [7, 11) is 0. The minimum absolute atomic E-state index is 0.0295. The van der Waals surface area contributed by atoms with Crippen LogP contribution < -0.4 is 5.73 Å². The molecule has 3 rings (SSSR count). The number of hydrogen-bond donors (Lipinski definition) is 1. The smallest absolute Gasteiger partial charge is 0.227 e. The fraction of sp³-hybridized carbons (Fsp3) is 0.500. The van der Waals surface area contributed by atoms with Gasteiger partial charge in [-0.1, -0.05) is 30.3 Å². The number of likely N-dealkylation sites (tertiary alicyclic amines) is 2. The van der Waals surface area contributed by atoms with Crippen molar-refractivity contribution in [2.45, 2.75) is 25.8 Å². The van der Waals surface area contributed by atoms with Crippen molar-refractivity contribution in [3.8, 4) is 0 Å². The van der Waals surface area contributed by atoms with Crippen LogP contribution in [0.4, 0.5) is 0 Å². The molecule has 128 valence electrons. The predicted octanol–water partition coefficient (Wildman–Crippen LogP) is 0.759. The molecule has 2 fully saturated rings. The molecule has 2 saturated heterocycles. The highest BCUT2D eigenvalue weighted by Crippen LogP contribution is 2.25. The van der Waals surface area contributed by atoms with Gasteiger partial charge in [-0.3, -0.25) is 14.4 Å². The maximum atomic E-state index is 12.7. The Kier molecular flexibility index (Phi) is 4.83. The Morgan fingerprint density at radius 2 is 1.75 bits per heavy atom. The summed E-state index contributed by atoms with van der Waals surface area (Å²) < 4.78 is 0. The molecule has 0 aromatic heterocycles. The van der Waals surface area contributed by atoms with Gasteiger partial charge < -0.3 is 15.5 Å². The minimum atomic E-state index is -0.285. The van der Waals surface area contributed by atoms with E-state index in [1.54, 1.807) is 9.80 Å². The molecule has 0 aliphatic carbocycles. The van der Waals surface area contributed by atoms with Crippen LogP contribution in [0.25, 0.3) is 0 Å². The fourth-order valence-electron chi connectivity index (χ4n) is 3.54. The third-order valence-corrected chi connectivity index (χ3v) is 4.99. The topological polar surface area (TPSA) is 83.7 Å². The Balaban J connectivity index is 1.55. The van der Waals surface area contributed by atoms with Gasteiger partial charge in [0.25, 0.3) is 0 Å². The maximum Gasteiger partial charge on any atom is 0.227 e. The second-order valence-electron chi connectivity index (χ2n) is 6.66. The highest BCUT2D eigenvalue weighted by molar-refractivity contribution is 5.89. The van der Waals surface area contributed by atoms with Crippen molar-refractivity contribution in [2.24, 2.45) is 17.6 Å².